The van der Waals surface area contributed by atoms with Gasteiger partial charge in [-0.1, -0.05) is 235 Å². The molecule has 0 amide bonds. The Labute approximate surface area is 382 Å². The van der Waals surface area contributed by atoms with Gasteiger partial charge in [0.2, 0.25) is 0 Å². The number of carbonyl (C=O) groups is 3. The molecule has 356 valence electrons. The normalized spacial score (nSPS) is 12.6. The van der Waals surface area contributed by atoms with Crippen LogP contribution in [0.2, 0.25) is 0 Å². The Kier molecular flexibility index (Phi) is 47.9. The number of hydrogen-bond acceptors (Lipinski definition) is 6. The second kappa shape index (κ2) is 50.5. The van der Waals surface area contributed by atoms with Crippen LogP contribution in [-0.2, 0) is 28.6 Å². The highest BCUT2D eigenvalue weighted by molar-refractivity contribution is 5.71. The van der Waals surface area contributed by atoms with Gasteiger partial charge in [-0.15, -0.1) is 0 Å². The van der Waals surface area contributed by atoms with E-state index >= 15 is 0 Å². The Morgan fingerprint density at radius 2 is 0.726 bits per heavy atom. The van der Waals surface area contributed by atoms with Gasteiger partial charge in [0, 0.05) is 19.3 Å². The van der Waals surface area contributed by atoms with Crippen molar-refractivity contribution in [2.24, 2.45) is 0 Å². The van der Waals surface area contributed by atoms with Crippen molar-refractivity contribution in [2.75, 3.05) is 13.2 Å². The van der Waals surface area contributed by atoms with Crippen molar-refractivity contribution < 1.29 is 28.6 Å². The van der Waals surface area contributed by atoms with Crippen molar-refractivity contribution in [3.63, 3.8) is 0 Å². The van der Waals surface area contributed by atoms with Gasteiger partial charge in [-0.05, 0) is 64.2 Å². The highest BCUT2D eigenvalue weighted by atomic mass is 16.6. The summed E-state index contributed by atoms with van der Waals surface area (Å²) in [4.78, 5) is 37.9. The van der Waals surface area contributed by atoms with Crippen molar-refractivity contribution in [1.82, 2.24) is 0 Å². The van der Waals surface area contributed by atoms with Gasteiger partial charge in [0.15, 0.2) is 6.10 Å². The van der Waals surface area contributed by atoms with E-state index in [-0.39, 0.29) is 37.5 Å². The summed E-state index contributed by atoms with van der Waals surface area (Å²) in [6.07, 6.45) is 63.3. The lowest BCUT2D eigenvalue weighted by Crippen LogP contribution is -2.30. The van der Waals surface area contributed by atoms with E-state index in [0.717, 1.165) is 83.5 Å². The van der Waals surface area contributed by atoms with E-state index in [4.69, 9.17) is 14.2 Å². The van der Waals surface area contributed by atoms with E-state index in [1.54, 1.807) is 0 Å². The third kappa shape index (κ3) is 47.9. The summed E-state index contributed by atoms with van der Waals surface area (Å²) in [7, 11) is 0. The van der Waals surface area contributed by atoms with Gasteiger partial charge in [-0.3, -0.25) is 14.4 Å². The smallest absolute Gasteiger partial charge is 0.306 e. The first-order valence-corrected chi connectivity index (χ1v) is 26.0. The van der Waals surface area contributed by atoms with Crippen molar-refractivity contribution in [3.8, 4) is 0 Å². The van der Waals surface area contributed by atoms with Crippen LogP contribution in [-0.4, -0.2) is 37.2 Å². The minimum Gasteiger partial charge on any atom is -0.462 e. The van der Waals surface area contributed by atoms with Gasteiger partial charge in [-0.2, -0.15) is 0 Å². The maximum absolute atomic E-state index is 12.8. The molecule has 0 N–H and O–H groups in total. The number of carbonyl (C=O) groups excluding carboxylic acids is 3. The summed E-state index contributed by atoms with van der Waals surface area (Å²) in [5.74, 6) is -0.960. The minimum atomic E-state index is -0.799. The first-order chi connectivity index (χ1) is 30.5. The Balaban J connectivity index is 4.38. The first-order valence-electron chi connectivity index (χ1n) is 26.0. The molecule has 1 unspecified atom stereocenters. The van der Waals surface area contributed by atoms with Crippen molar-refractivity contribution in [3.05, 3.63) is 72.9 Å². The molecule has 0 spiro atoms. The van der Waals surface area contributed by atoms with Crippen molar-refractivity contribution in [1.29, 1.82) is 0 Å². The lowest BCUT2D eigenvalue weighted by atomic mass is 10.0. The SMILES string of the molecule is CC\C=C/C=C\C=C/CCCCCCCCCC(=O)OC(COC(=O)CCC/C=C\C/C=C\C/C=C\CC)COC(=O)CCCCCCCCCCCCCCCCCCCC. The van der Waals surface area contributed by atoms with Crippen LogP contribution in [0.15, 0.2) is 72.9 Å². The molecule has 0 fully saturated rings. The van der Waals surface area contributed by atoms with Gasteiger partial charge < -0.3 is 14.2 Å². The zero-order chi connectivity index (χ0) is 45.1. The summed E-state index contributed by atoms with van der Waals surface area (Å²) in [5, 5.41) is 0. The molecule has 0 aromatic rings. The molecule has 0 heterocycles. The van der Waals surface area contributed by atoms with E-state index in [1.165, 1.54) is 116 Å². The van der Waals surface area contributed by atoms with Crippen molar-refractivity contribution >= 4 is 17.9 Å². The van der Waals surface area contributed by atoms with Gasteiger partial charge >= 0.3 is 17.9 Å². The molecule has 0 aromatic heterocycles. The second-order valence-corrected chi connectivity index (χ2v) is 17.1. The Hall–Kier alpha value is -3.15. The van der Waals surface area contributed by atoms with Crippen LogP contribution in [0.25, 0.3) is 0 Å². The van der Waals surface area contributed by atoms with E-state index < -0.39 is 6.10 Å². The van der Waals surface area contributed by atoms with Gasteiger partial charge in [0.05, 0.1) is 0 Å². The summed E-state index contributed by atoms with van der Waals surface area (Å²) < 4.78 is 16.7. The predicted octanol–water partition coefficient (Wildman–Crippen LogP) is 17.0. The number of hydrogen-bond donors (Lipinski definition) is 0. The van der Waals surface area contributed by atoms with Crippen LogP contribution in [0, 0.1) is 0 Å². The number of rotatable bonds is 46. The van der Waals surface area contributed by atoms with Crippen LogP contribution < -0.4 is 0 Å². The highest BCUT2D eigenvalue weighted by Gasteiger charge is 2.19. The third-order valence-corrected chi connectivity index (χ3v) is 11.0. The molecule has 0 radical (unpaired) electrons. The maximum atomic E-state index is 12.8. The fourth-order valence-electron chi connectivity index (χ4n) is 7.17. The summed E-state index contributed by atoms with van der Waals surface area (Å²) >= 11 is 0. The standard InChI is InChI=1S/C56H96O6/c1-4-7-10-13-16-19-22-24-26-27-28-30-31-34-37-40-43-46-49-55(58)61-52-53(51-60-54(57)48-45-42-39-36-33-21-18-15-12-9-6-3)62-56(59)50-47-44-41-38-35-32-29-25-23-20-17-14-11-8-5-2/h8-9,11-12,14,17-18,20-21,23,36,39,53H,4-7,10,13,15-16,19,22,24-35,37-38,40-52H2,1-3H3/b11-8-,12-9-,17-14-,21-18-,23-20-,39-36-. The molecule has 0 aliphatic carbocycles. The van der Waals surface area contributed by atoms with E-state index in [2.05, 4.69) is 93.7 Å². The van der Waals surface area contributed by atoms with Crippen molar-refractivity contribution in [2.45, 2.75) is 252 Å². The van der Waals surface area contributed by atoms with Gasteiger partial charge in [-0.25, -0.2) is 0 Å². The number of allylic oxidation sites excluding steroid dienone is 12. The topological polar surface area (TPSA) is 78.9 Å². The van der Waals surface area contributed by atoms with Gasteiger partial charge in [0.25, 0.3) is 0 Å². The molecule has 0 saturated heterocycles. The monoisotopic (exact) mass is 865 g/mol. The molecule has 1 atom stereocenters. The lowest BCUT2D eigenvalue weighted by molar-refractivity contribution is -0.167. The van der Waals surface area contributed by atoms with E-state index in [0.29, 0.717) is 19.3 Å². The molecule has 0 bridgehead atoms. The Bertz CT molecular complexity index is 1180. The lowest BCUT2D eigenvalue weighted by Gasteiger charge is -2.18. The fourth-order valence-corrected chi connectivity index (χ4v) is 7.17. The number of esters is 3. The first kappa shape index (κ1) is 58.9. The molecule has 0 aromatic carbocycles. The average molecular weight is 865 g/mol. The molecule has 6 nitrogen and oxygen atoms in total. The number of unbranched alkanes of at least 4 members (excludes halogenated alkanes) is 25. The summed E-state index contributed by atoms with van der Waals surface area (Å²) in [6.45, 7) is 6.34. The van der Waals surface area contributed by atoms with E-state index in [9.17, 15) is 14.4 Å². The van der Waals surface area contributed by atoms with Crippen LogP contribution in [0.1, 0.15) is 245 Å². The molecule has 0 saturated carbocycles. The minimum absolute atomic E-state index is 0.0945. The van der Waals surface area contributed by atoms with Gasteiger partial charge in [0.1, 0.15) is 13.2 Å². The quantitative estimate of drug-likeness (QED) is 0.0199. The molecule has 6 heteroatoms. The average Bonchev–Trinajstić information content (AvgIpc) is 3.27. The zero-order valence-corrected chi connectivity index (χ0v) is 40.6. The molecule has 0 rings (SSSR count). The Morgan fingerprint density at radius 1 is 0.355 bits per heavy atom. The van der Waals surface area contributed by atoms with Crippen LogP contribution in [0.5, 0.6) is 0 Å². The summed E-state index contributed by atoms with van der Waals surface area (Å²) in [6, 6.07) is 0. The number of ether oxygens (including phenoxy) is 3. The van der Waals surface area contributed by atoms with Crippen LogP contribution in [0.3, 0.4) is 0 Å². The Morgan fingerprint density at radius 3 is 1.21 bits per heavy atom. The summed E-state index contributed by atoms with van der Waals surface area (Å²) in [5.41, 5.74) is 0. The maximum Gasteiger partial charge on any atom is 0.306 e. The van der Waals surface area contributed by atoms with Crippen LogP contribution in [0.4, 0.5) is 0 Å². The zero-order valence-electron chi connectivity index (χ0n) is 40.6. The largest absolute Gasteiger partial charge is 0.462 e. The van der Waals surface area contributed by atoms with Crippen LogP contribution >= 0.6 is 0 Å². The molecule has 0 aliphatic rings. The van der Waals surface area contributed by atoms with E-state index in [1.807, 2.05) is 0 Å². The second-order valence-electron chi connectivity index (χ2n) is 17.1. The molecular weight excluding hydrogens is 769 g/mol. The molecule has 62 heavy (non-hydrogen) atoms. The predicted molar refractivity (Wildman–Crippen MR) is 265 cm³/mol. The third-order valence-electron chi connectivity index (χ3n) is 11.0. The highest BCUT2D eigenvalue weighted by Crippen LogP contribution is 2.16. The fraction of sp³-hybridized carbons (Fsp3) is 0.732. The molecular formula is C56H96O6. The molecule has 0 aliphatic heterocycles.